The average Bonchev–Trinajstić information content (AvgIpc) is 3.02. The molecule has 0 aliphatic carbocycles. The molecule has 0 spiro atoms. The fourth-order valence-electron chi connectivity index (χ4n) is 2.42. The van der Waals surface area contributed by atoms with Crippen molar-refractivity contribution < 1.29 is 4.79 Å². The zero-order valence-electron chi connectivity index (χ0n) is 14.1. The predicted molar refractivity (Wildman–Crippen MR) is 93.5 cm³/mol. The first-order valence-corrected chi connectivity index (χ1v) is 7.82. The minimum atomic E-state index is -0.0746. The topological polar surface area (TPSA) is 59.8 Å². The van der Waals surface area contributed by atoms with Crippen LogP contribution in [0.5, 0.6) is 0 Å². The Morgan fingerprint density at radius 3 is 2.58 bits per heavy atom. The smallest absolute Gasteiger partial charge is 0.251 e. The van der Waals surface area contributed by atoms with Crippen LogP contribution < -0.4 is 5.32 Å². The predicted octanol–water partition coefficient (Wildman–Crippen LogP) is 3.03. The highest BCUT2D eigenvalue weighted by atomic mass is 16.1. The van der Waals surface area contributed by atoms with Gasteiger partial charge in [-0.2, -0.15) is 5.10 Å². The Morgan fingerprint density at radius 2 is 1.96 bits per heavy atom. The number of hydrogen-bond donors (Lipinski definition) is 1. The molecule has 0 unspecified atom stereocenters. The second-order valence-electron chi connectivity index (χ2n) is 5.94. The van der Waals surface area contributed by atoms with E-state index in [-0.39, 0.29) is 5.91 Å². The van der Waals surface area contributed by atoms with Crippen LogP contribution in [0.15, 0.2) is 48.9 Å². The van der Waals surface area contributed by atoms with Crippen molar-refractivity contribution in [2.75, 3.05) is 0 Å². The molecular formula is C19H20N4O. The quantitative estimate of drug-likeness (QED) is 0.804. The maximum absolute atomic E-state index is 12.2. The Hall–Kier alpha value is -2.95. The van der Waals surface area contributed by atoms with Gasteiger partial charge in [-0.1, -0.05) is 12.1 Å². The summed E-state index contributed by atoms with van der Waals surface area (Å²) in [5.74, 6) is -0.0746. The van der Waals surface area contributed by atoms with E-state index in [1.54, 1.807) is 17.1 Å². The first-order chi connectivity index (χ1) is 11.5. The lowest BCUT2D eigenvalue weighted by Gasteiger charge is -2.07. The number of aryl methyl sites for hydroxylation is 3. The summed E-state index contributed by atoms with van der Waals surface area (Å²) in [5.41, 5.74) is 5.78. The SMILES string of the molecule is Cc1ccc(C(=O)NCc2ccc(-c3cnn(C)c3)nc2)cc1C. The van der Waals surface area contributed by atoms with Gasteiger partial charge in [0.05, 0.1) is 11.9 Å². The van der Waals surface area contributed by atoms with Crippen LogP contribution in [0, 0.1) is 13.8 Å². The molecule has 0 saturated heterocycles. The number of benzene rings is 1. The maximum Gasteiger partial charge on any atom is 0.251 e. The van der Waals surface area contributed by atoms with Crippen LogP contribution in [0.4, 0.5) is 0 Å². The van der Waals surface area contributed by atoms with Crippen LogP contribution in [-0.2, 0) is 13.6 Å². The second kappa shape index (κ2) is 6.66. The molecule has 1 N–H and O–H groups in total. The number of hydrogen-bond acceptors (Lipinski definition) is 3. The van der Waals surface area contributed by atoms with Crippen molar-refractivity contribution in [2.45, 2.75) is 20.4 Å². The Morgan fingerprint density at radius 1 is 1.12 bits per heavy atom. The molecule has 2 aromatic heterocycles. The normalized spacial score (nSPS) is 10.6. The van der Waals surface area contributed by atoms with Crippen LogP contribution in [0.25, 0.3) is 11.3 Å². The molecule has 5 nitrogen and oxygen atoms in total. The van der Waals surface area contributed by atoms with Gasteiger partial charge in [-0.05, 0) is 48.7 Å². The van der Waals surface area contributed by atoms with E-state index in [1.807, 2.05) is 57.4 Å². The largest absolute Gasteiger partial charge is 0.348 e. The van der Waals surface area contributed by atoms with Crippen LogP contribution >= 0.6 is 0 Å². The molecule has 3 rings (SSSR count). The standard InChI is InChI=1S/C19H20N4O/c1-13-4-6-16(8-14(13)2)19(24)21-10-15-5-7-18(20-9-15)17-11-22-23(3)12-17/h4-9,11-12H,10H2,1-3H3,(H,21,24). The van der Waals surface area contributed by atoms with E-state index in [0.717, 1.165) is 22.4 Å². The lowest BCUT2D eigenvalue weighted by molar-refractivity contribution is 0.0951. The molecule has 0 bridgehead atoms. The van der Waals surface area contributed by atoms with Crippen LogP contribution in [0.1, 0.15) is 27.0 Å². The van der Waals surface area contributed by atoms with E-state index in [9.17, 15) is 4.79 Å². The summed E-state index contributed by atoms with van der Waals surface area (Å²) in [6.45, 7) is 4.49. The second-order valence-corrected chi connectivity index (χ2v) is 5.94. The van der Waals surface area contributed by atoms with Crippen LogP contribution in [0.3, 0.4) is 0 Å². The lowest BCUT2D eigenvalue weighted by Crippen LogP contribution is -2.23. The van der Waals surface area contributed by atoms with E-state index in [0.29, 0.717) is 12.1 Å². The molecule has 5 heteroatoms. The average molecular weight is 320 g/mol. The van der Waals surface area contributed by atoms with Gasteiger partial charge >= 0.3 is 0 Å². The van der Waals surface area contributed by atoms with Gasteiger partial charge in [-0.25, -0.2) is 0 Å². The zero-order chi connectivity index (χ0) is 17.1. The van der Waals surface area contributed by atoms with Crippen molar-refractivity contribution in [3.05, 3.63) is 71.2 Å². The summed E-state index contributed by atoms with van der Waals surface area (Å²) in [5, 5.41) is 7.07. The number of pyridine rings is 1. The van der Waals surface area contributed by atoms with Gasteiger partial charge < -0.3 is 5.32 Å². The van der Waals surface area contributed by atoms with Gasteiger partial charge in [0.25, 0.3) is 5.91 Å². The minimum Gasteiger partial charge on any atom is -0.348 e. The number of aromatic nitrogens is 3. The fraction of sp³-hybridized carbons (Fsp3) is 0.211. The van der Waals surface area contributed by atoms with Crippen LogP contribution in [0.2, 0.25) is 0 Å². The van der Waals surface area contributed by atoms with Crippen molar-refractivity contribution in [3.8, 4) is 11.3 Å². The Labute approximate surface area is 141 Å². The first kappa shape index (κ1) is 15.9. The number of amides is 1. The molecule has 0 fully saturated rings. The number of nitrogens with one attached hydrogen (secondary N) is 1. The van der Waals surface area contributed by atoms with E-state index in [4.69, 9.17) is 0 Å². The van der Waals surface area contributed by atoms with Gasteiger partial charge in [0, 0.05) is 37.1 Å². The Bertz CT molecular complexity index is 865. The van der Waals surface area contributed by atoms with E-state index >= 15 is 0 Å². The molecule has 1 amide bonds. The third-order valence-corrected chi connectivity index (χ3v) is 4.05. The van der Waals surface area contributed by atoms with Gasteiger partial charge in [-0.3, -0.25) is 14.5 Å². The summed E-state index contributed by atoms with van der Waals surface area (Å²) >= 11 is 0. The lowest BCUT2D eigenvalue weighted by atomic mass is 10.1. The monoisotopic (exact) mass is 320 g/mol. The Kier molecular flexibility index (Phi) is 4.42. The molecule has 0 aliphatic heterocycles. The summed E-state index contributed by atoms with van der Waals surface area (Å²) in [6.07, 6.45) is 5.48. The molecule has 0 atom stereocenters. The summed E-state index contributed by atoms with van der Waals surface area (Å²) in [4.78, 5) is 16.7. The Balaban J connectivity index is 1.64. The third kappa shape index (κ3) is 3.51. The zero-order valence-corrected chi connectivity index (χ0v) is 14.1. The first-order valence-electron chi connectivity index (χ1n) is 7.82. The summed E-state index contributed by atoms with van der Waals surface area (Å²) in [7, 11) is 1.88. The highest BCUT2D eigenvalue weighted by Crippen LogP contribution is 2.15. The van der Waals surface area contributed by atoms with Gasteiger partial charge in [-0.15, -0.1) is 0 Å². The molecule has 24 heavy (non-hydrogen) atoms. The van der Waals surface area contributed by atoms with Crippen molar-refractivity contribution in [3.63, 3.8) is 0 Å². The van der Waals surface area contributed by atoms with Gasteiger partial charge in [0.15, 0.2) is 0 Å². The highest BCUT2D eigenvalue weighted by molar-refractivity contribution is 5.94. The van der Waals surface area contributed by atoms with Crippen molar-refractivity contribution in [2.24, 2.45) is 7.05 Å². The van der Waals surface area contributed by atoms with Crippen molar-refractivity contribution in [1.82, 2.24) is 20.1 Å². The number of carbonyl (C=O) groups excluding carboxylic acids is 1. The number of nitrogens with zero attached hydrogens (tertiary/aromatic N) is 3. The highest BCUT2D eigenvalue weighted by Gasteiger charge is 2.07. The minimum absolute atomic E-state index is 0.0746. The summed E-state index contributed by atoms with van der Waals surface area (Å²) < 4.78 is 1.74. The molecular weight excluding hydrogens is 300 g/mol. The maximum atomic E-state index is 12.2. The molecule has 1 aromatic carbocycles. The molecule has 122 valence electrons. The molecule has 0 saturated carbocycles. The number of rotatable bonds is 4. The van der Waals surface area contributed by atoms with Gasteiger partial charge in [0.2, 0.25) is 0 Å². The van der Waals surface area contributed by atoms with E-state index in [1.165, 1.54) is 5.56 Å². The third-order valence-electron chi connectivity index (χ3n) is 4.05. The fourth-order valence-corrected chi connectivity index (χ4v) is 2.42. The van der Waals surface area contributed by atoms with Gasteiger partial charge in [0.1, 0.15) is 0 Å². The van der Waals surface area contributed by atoms with Crippen molar-refractivity contribution >= 4 is 5.91 Å². The molecule has 3 aromatic rings. The number of carbonyl (C=O) groups is 1. The van der Waals surface area contributed by atoms with Crippen LogP contribution in [-0.4, -0.2) is 20.7 Å². The molecule has 0 radical (unpaired) electrons. The van der Waals surface area contributed by atoms with E-state index in [2.05, 4.69) is 15.4 Å². The molecule has 2 heterocycles. The summed E-state index contributed by atoms with van der Waals surface area (Å²) in [6, 6.07) is 9.63. The molecule has 0 aliphatic rings. The van der Waals surface area contributed by atoms with Crippen molar-refractivity contribution in [1.29, 1.82) is 0 Å². The van der Waals surface area contributed by atoms with E-state index < -0.39 is 0 Å².